The van der Waals surface area contributed by atoms with Crippen LogP contribution in [0.5, 0.6) is 0 Å². The van der Waals surface area contributed by atoms with Crippen LogP contribution in [0.3, 0.4) is 0 Å². The molecule has 80 heavy (non-hydrogen) atoms. The van der Waals surface area contributed by atoms with Crippen molar-refractivity contribution >= 4 is 17.9 Å². The molecule has 0 fully saturated rings. The molecular weight excluding hydrogens is 985 g/mol. The summed E-state index contributed by atoms with van der Waals surface area (Å²) < 4.78 is 16.8. The molecule has 0 heterocycles. The average Bonchev–Trinajstić information content (AvgIpc) is 3.46. The summed E-state index contributed by atoms with van der Waals surface area (Å²) in [6.45, 7) is 6.25. The van der Waals surface area contributed by atoms with Gasteiger partial charge in [-0.05, 0) is 161 Å². The van der Waals surface area contributed by atoms with Gasteiger partial charge in [-0.2, -0.15) is 0 Å². The first kappa shape index (κ1) is 74.2. The summed E-state index contributed by atoms with van der Waals surface area (Å²) in [5.74, 6) is -1.02. The number of esters is 3. The number of allylic oxidation sites excluding steroid dienone is 32. The van der Waals surface area contributed by atoms with Crippen molar-refractivity contribution in [1.29, 1.82) is 0 Å². The summed E-state index contributed by atoms with van der Waals surface area (Å²) in [7, 11) is 0. The fourth-order valence-electron chi connectivity index (χ4n) is 7.67. The Hall–Kier alpha value is -5.75. The molecule has 0 aliphatic rings. The molecule has 0 amide bonds. The Balaban J connectivity index is 4.48. The van der Waals surface area contributed by atoms with E-state index in [4.69, 9.17) is 14.2 Å². The smallest absolute Gasteiger partial charge is 0.306 e. The van der Waals surface area contributed by atoms with Crippen molar-refractivity contribution in [2.75, 3.05) is 13.2 Å². The van der Waals surface area contributed by atoms with Gasteiger partial charge in [-0.15, -0.1) is 0 Å². The first-order chi connectivity index (χ1) is 39.5. The summed E-state index contributed by atoms with van der Waals surface area (Å²) in [5.41, 5.74) is 0. The van der Waals surface area contributed by atoms with E-state index in [0.717, 1.165) is 167 Å². The molecule has 0 aliphatic heterocycles. The molecule has 1 unspecified atom stereocenters. The van der Waals surface area contributed by atoms with Gasteiger partial charge >= 0.3 is 17.9 Å². The largest absolute Gasteiger partial charge is 0.462 e. The highest BCUT2D eigenvalue weighted by Crippen LogP contribution is 2.12. The predicted molar refractivity (Wildman–Crippen MR) is 347 cm³/mol. The minimum absolute atomic E-state index is 0.121. The zero-order valence-corrected chi connectivity index (χ0v) is 50.8. The minimum atomic E-state index is -0.830. The van der Waals surface area contributed by atoms with Crippen molar-refractivity contribution in [3.05, 3.63) is 194 Å². The third-order valence-corrected chi connectivity index (χ3v) is 12.3. The van der Waals surface area contributed by atoms with E-state index in [-0.39, 0.29) is 44.0 Å². The van der Waals surface area contributed by atoms with Crippen molar-refractivity contribution in [1.82, 2.24) is 0 Å². The van der Waals surface area contributed by atoms with Crippen LogP contribution in [0.1, 0.15) is 233 Å². The zero-order chi connectivity index (χ0) is 57.8. The molecule has 0 spiro atoms. The summed E-state index contributed by atoms with van der Waals surface area (Å²) in [4.78, 5) is 38.2. The molecule has 0 saturated carbocycles. The average molecular weight is 1100 g/mol. The molecule has 0 aromatic rings. The third-order valence-electron chi connectivity index (χ3n) is 12.3. The van der Waals surface area contributed by atoms with E-state index in [9.17, 15) is 14.4 Å². The summed E-state index contributed by atoms with van der Waals surface area (Å²) in [6, 6.07) is 0. The number of unbranched alkanes of at least 4 members (excludes halogenated alkanes) is 11. The van der Waals surface area contributed by atoms with Crippen molar-refractivity contribution < 1.29 is 28.6 Å². The molecule has 0 rings (SSSR count). The standard InChI is InChI=1S/C74H112O6/c1-4-7-10-13-16-19-22-24-26-28-30-32-34-36-37-39-40-42-44-46-48-50-52-55-58-61-64-67-73(76)79-70-71(69-78-72(75)66-63-60-57-54-21-18-15-12-9-6-3)80-74(77)68-65-62-59-56-53-51-49-47-45-43-41-38-35-33-31-29-27-25-23-20-17-14-11-8-5-2/h7-8,10-12,15-17,19-20,24-27,30-33,36-38,40-42,45-48,51-53,55,71H,4-6,9,13-14,18,21-23,28-29,34-35,39,43-44,49-50,54,56-70H2,1-3H3/b10-7-,11-8-,15-12-,19-16-,20-17-,26-24-,27-25-,32-30-,33-31-,37-36-,41-38-,42-40-,47-45-,48-46-,53-51-,55-52-. The number of carbonyl (C=O) groups excluding carboxylic acids is 3. The fourth-order valence-corrected chi connectivity index (χ4v) is 7.67. The first-order valence-electron chi connectivity index (χ1n) is 31.4. The zero-order valence-electron chi connectivity index (χ0n) is 50.8. The van der Waals surface area contributed by atoms with E-state index < -0.39 is 6.10 Å². The normalized spacial score (nSPS) is 13.5. The highest BCUT2D eigenvalue weighted by atomic mass is 16.6. The van der Waals surface area contributed by atoms with Gasteiger partial charge in [0.05, 0.1) is 0 Å². The lowest BCUT2D eigenvalue weighted by Gasteiger charge is -2.18. The lowest BCUT2D eigenvalue weighted by molar-refractivity contribution is -0.167. The van der Waals surface area contributed by atoms with Gasteiger partial charge in [0.1, 0.15) is 13.2 Å². The van der Waals surface area contributed by atoms with Gasteiger partial charge in [0.2, 0.25) is 0 Å². The maximum atomic E-state index is 12.9. The number of hydrogen-bond acceptors (Lipinski definition) is 6. The second-order valence-electron chi connectivity index (χ2n) is 19.8. The summed E-state index contributed by atoms with van der Waals surface area (Å²) in [6.07, 6.45) is 100. The van der Waals surface area contributed by atoms with Gasteiger partial charge in [-0.3, -0.25) is 14.4 Å². The Bertz CT molecular complexity index is 1930. The van der Waals surface area contributed by atoms with Crippen LogP contribution in [-0.2, 0) is 28.6 Å². The van der Waals surface area contributed by atoms with Crippen molar-refractivity contribution in [3.63, 3.8) is 0 Å². The Morgan fingerprint density at radius 2 is 0.487 bits per heavy atom. The van der Waals surface area contributed by atoms with Crippen LogP contribution in [0.2, 0.25) is 0 Å². The second kappa shape index (κ2) is 65.8. The quantitative estimate of drug-likeness (QED) is 0.0261. The fraction of sp³-hybridized carbons (Fsp3) is 0.527. The van der Waals surface area contributed by atoms with E-state index in [1.807, 2.05) is 0 Å². The van der Waals surface area contributed by atoms with Crippen LogP contribution < -0.4 is 0 Å². The molecular formula is C74H112O6. The minimum Gasteiger partial charge on any atom is -0.462 e. The van der Waals surface area contributed by atoms with Gasteiger partial charge in [0.25, 0.3) is 0 Å². The monoisotopic (exact) mass is 1100 g/mol. The molecule has 0 saturated heterocycles. The van der Waals surface area contributed by atoms with E-state index in [1.165, 1.54) is 12.8 Å². The van der Waals surface area contributed by atoms with Gasteiger partial charge < -0.3 is 14.2 Å². The lowest BCUT2D eigenvalue weighted by atomic mass is 10.1. The second-order valence-corrected chi connectivity index (χ2v) is 19.8. The molecule has 6 nitrogen and oxygen atoms in total. The predicted octanol–water partition coefficient (Wildman–Crippen LogP) is 21.8. The molecule has 6 heteroatoms. The van der Waals surface area contributed by atoms with Gasteiger partial charge in [-0.1, -0.05) is 247 Å². The molecule has 0 radical (unpaired) electrons. The summed E-state index contributed by atoms with van der Waals surface area (Å²) in [5, 5.41) is 0. The van der Waals surface area contributed by atoms with Crippen LogP contribution in [0.4, 0.5) is 0 Å². The van der Waals surface area contributed by atoms with Crippen LogP contribution in [0.15, 0.2) is 194 Å². The third kappa shape index (κ3) is 63.1. The van der Waals surface area contributed by atoms with Crippen LogP contribution >= 0.6 is 0 Å². The molecule has 444 valence electrons. The number of hydrogen-bond donors (Lipinski definition) is 0. The summed E-state index contributed by atoms with van der Waals surface area (Å²) >= 11 is 0. The number of carbonyl (C=O) groups is 3. The maximum absolute atomic E-state index is 12.9. The Morgan fingerprint density at radius 1 is 0.263 bits per heavy atom. The molecule has 0 aromatic heterocycles. The number of rotatable bonds is 54. The van der Waals surface area contributed by atoms with Crippen molar-refractivity contribution in [2.24, 2.45) is 0 Å². The highest BCUT2D eigenvalue weighted by Gasteiger charge is 2.19. The molecule has 1 atom stereocenters. The van der Waals surface area contributed by atoms with E-state index in [1.54, 1.807) is 0 Å². The SMILES string of the molecule is CC/C=C\C/C=C\C/C=C\C/C=C\C/C=C\C/C=C\C/C=C\C/C=C\CCCCC(=O)OCC(COC(=O)CCCCCCC/C=C\CCC)OC(=O)CCCCC/C=C\C/C=C\C/C=C\C/C=C\C/C=C\C/C=C\C/C=C\CC. The molecule has 0 aliphatic carbocycles. The Kier molecular flexibility index (Phi) is 61.0. The van der Waals surface area contributed by atoms with Crippen molar-refractivity contribution in [3.8, 4) is 0 Å². The van der Waals surface area contributed by atoms with Crippen LogP contribution in [-0.4, -0.2) is 37.2 Å². The van der Waals surface area contributed by atoms with Gasteiger partial charge in [-0.25, -0.2) is 0 Å². The van der Waals surface area contributed by atoms with Crippen LogP contribution in [0, 0.1) is 0 Å². The molecule has 0 aromatic carbocycles. The topological polar surface area (TPSA) is 78.9 Å². The maximum Gasteiger partial charge on any atom is 0.306 e. The van der Waals surface area contributed by atoms with E-state index in [0.29, 0.717) is 19.3 Å². The lowest BCUT2D eigenvalue weighted by Crippen LogP contribution is -2.30. The Labute approximate surface area is 490 Å². The van der Waals surface area contributed by atoms with Crippen molar-refractivity contribution in [2.45, 2.75) is 239 Å². The molecule has 0 N–H and O–H groups in total. The molecule has 0 bridgehead atoms. The number of ether oxygens (including phenoxy) is 3. The van der Waals surface area contributed by atoms with Crippen LogP contribution in [0.25, 0.3) is 0 Å². The highest BCUT2D eigenvalue weighted by molar-refractivity contribution is 5.71. The Morgan fingerprint density at radius 3 is 0.812 bits per heavy atom. The first-order valence-corrected chi connectivity index (χ1v) is 31.4. The van der Waals surface area contributed by atoms with E-state index >= 15 is 0 Å². The van der Waals surface area contributed by atoms with E-state index in [2.05, 4.69) is 215 Å². The van der Waals surface area contributed by atoms with Gasteiger partial charge in [0.15, 0.2) is 6.10 Å². The van der Waals surface area contributed by atoms with Gasteiger partial charge in [0, 0.05) is 19.3 Å².